The summed E-state index contributed by atoms with van der Waals surface area (Å²) in [6.07, 6.45) is 6.93. The molecule has 2 aliphatic rings. The number of carbonyl (C=O) groups excluding carboxylic acids is 2. The summed E-state index contributed by atoms with van der Waals surface area (Å²) >= 11 is 0. The predicted octanol–water partition coefficient (Wildman–Crippen LogP) is 2.78. The number of nitrogens with zero attached hydrogens (tertiary/aromatic N) is 1. The normalized spacial score (nSPS) is 26.2. The van der Waals surface area contributed by atoms with Crippen LogP contribution < -0.4 is 0 Å². The van der Waals surface area contributed by atoms with Crippen molar-refractivity contribution in [3.05, 3.63) is 0 Å². The van der Waals surface area contributed by atoms with Crippen molar-refractivity contribution in [3.8, 4) is 0 Å². The van der Waals surface area contributed by atoms with E-state index in [1.54, 1.807) is 0 Å². The maximum absolute atomic E-state index is 12.3. The molecule has 0 spiro atoms. The zero-order valence-electron chi connectivity index (χ0n) is 11.9. The van der Waals surface area contributed by atoms with Crippen LogP contribution in [0, 0.1) is 11.3 Å². The second kappa shape index (κ2) is 5.02. The number of amides is 1. The van der Waals surface area contributed by atoms with Crippen molar-refractivity contribution in [2.45, 2.75) is 65.3 Å². The lowest BCUT2D eigenvalue weighted by atomic mass is 9.85. The van der Waals surface area contributed by atoms with Gasteiger partial charge in [-0.25, -0.2) is 0 Å². The minimum absolute atomic E-state index is 0.183. The number of Topliss-reactive ketones (excluding diaryl/α,β-unsaturated/α-hetero) is 1. The van der Waals surface area contributed by atoms with E-state index in [2.05, 4.69) is 6.92 Å². The van der Waals surface area contributed by atoms with Crippen LogP contribution in [0.25, 0.3) is 0 Å². The van der Waals surface area contributed by atoms with Gasteiger partial charge in [-0.3, -0.25) is 9.59 Å². The first kappa shape index (κ1) is 13.6. The Bertz CT molecular complexity index is 344. The second-order valence-electron chi connectivity index (χ2n) is 6.25. The Balaban J connectivity index is 2.13. The Labute approximate surface area is 110 Å². The number of ketones is 1. The van der Waals surface area contributed by atoms with Gasteiger partial charge in [0.1, 0.15) is 0 Å². The van der Waals surface area contributed by atoms with Crippen LogP contribution in [0.15, 0.2) is 0 Å². The van der Waals surface area contributed by atoms with Crippen molar-refractivity contribution >= 4 is 11.7 Å². The van der Waals surface area contributed by atoms with Gasteiger partial charge in [0.05, 0.1) is 0 Å². The van der Waals surface area contributed by atoms with Gasteiger partial charge in [-0.1, -0.05) is 20.8 Å². The van der Waals surface area contributed by atoms with E-state index in [9.17, 15) is 9.59 Å². The van der Waals surface area contributed by atoms with E-state index in [0.717, 1.165) is 25.8 Å². The summed E-state index contributed by atoms with van der Waals surface area (Å²) in [5.41, 5.74) is 0.341. The van der Waals surface area contributed by atoms with Gasteiger partial charge in [-0.15, -0.1) is 0 Å². The number of likely N-dealkylation sites (tertiary alicyclic amines) is 1. The molecule has 18 heavy (non-hydrogen) atoms. The Morgan fingerprint density at radius 2 is 1.94 bits per heavy atom. The number of rotatable bonds is 4. The first-order valence-electron chi connectivity index (χ1n) is 7.36. The van der Waals surface area contributed by atoms with Gasteiger partial charge in [0.15, 0.2) is 0 Å². The summed E-state index contributed by atoms with van der Waals surface area (Å²) in [5, 5.41) is 0. The Kier molecular flexibility index (Phi) is 3.79. The molecule has 1 heterocycles. The van der Waals surface area contributed by atoms with Gasteiger partial charge in [0.2, 0.25) is 5.78 Å². The molecule has 3 nitrogen and oxygen atoms in total. The molecule has 1 aliphatic carbocycles. The Morgan fingerprint density at radius 1 is 1.28 bits per heavy atom. The van der Waals surface area contributed by atoms with Gasteiger partial charge < -0.3 is 4.90 Å². The maximum atomic E-state index is 12.3. The number of hydrogen-bond acceptors (Lipinski definition) is 2. The number of carbonyl (C=O) groups is 2. The van der Waals surface area contributed by atoms with Crippen LogP contribution in [0.3, 0.4) is 0 Å². The van der Waals surface area contributed by atoms with E-state index in [0.29, 0.717) is 11.5 Å². The third-order valence-corrected chi connectivity index (χ3v) is 4.80. The highest BCUT2D eigenvalue weighted by atomic mass is 16.2. The molecule has 0 aromatic heterocycles. The third-order valence-electron chi connectivity index (χ3n) is 4.80. The monoisotopic (exact) mass is 251 g/mol. The smallest absolute Gasteiger partial charge is 0.290 e. The van der Waals surface area contributed by atoms with Crippen molar-refractivity contribution in [2.24, 2.45) is 11.3 Å². The van der Waals surface area contributed by atoms with Crippen molar-refractivity contribution in [1.82, 2.24) is 4.90 Å². The highest BCUT2D eigenvalue weighted by molar-refractivity contribution is 6.36. The molecule has 2 fully saturated rings. The van der Waals surface area contributed by atoms with E-state index >= 15 is 0 Å². The molecular formula is C15H25NO2. The molecule has 1 atom stereocenters. The lowest BCUT2D eigenvalue weighted by Crippen LogP contribution is -2.51. The van der Waals surface area contributed by atoms with E-state index in [1.807, 2.05) is 18.7 Å². The summed E-state index contributed by atoms with van der Waals surface area (Å²) < 4.78 is 0. The number of hydrogen-bond donors (Lipinski definition) is 0. The van der Waals surface area contributed by atoms with E-state index < -0.39 is 0 Å². The molecular weight excluding hydrogens is 226 g/mol. The number of piperidine rings is 1. The Morgan fingerprint density at radius 3 is 2.44 bits per heavy atom. The molecule has 1 saturated heterocycles. The third kappa shape index (κ3) is 2.32. The zero-order valence-corrected chi connectivity index (χ0v) is 11.9. The summed E-state index contributed by atoms with van der Waals surface area (Å²) in [6, 6.07) is 0.325. The van der Waals surface area contributed by atoms with Crippen LogP contribution in [0.2, 0.25) is 0 Å². The molecule has 2 rings (SSSR count). The standard InChI is InChI=1S/C15H25NO2/c1-4-15(8-9-15)12-7-5-6-10-16(12)14(18)13(17)11(2)3/h11-12H,4-10H2,1-3H3. The van der Waals surface area contributed by atoms with Crippen LogP contribution in [0.1, 0.15) is 59.3 Å². The molecule has 3 heteroatoms. The fourth-order valence-corrected chi connectivity index (χ4v) is 3.28. The molecule has 0 radical (unpaired) electrons. The van der Waals surface area contributed by atoms with E-state index in [-0.39, 0.29) is 17.6 Å². The molecule has 1 saturated carbocycles. The van der Waals surface area contributed by atoms with Crippen molar-refractivity contribution in [2.75, 3.05) is 6.54 Å². The van der Waals surface area contributed by atoms with Crippen LogP contribution in [-0.4, -0.2) is 29.2 Å². The largest absolute Gasteiger partial charge is 0.333 e. The van der Waals surface area contributed by atoms with Crippen molar-refractivity contribution in [3.63, 3.8) is 0 Å². The Hall–Kier alpha value is -0.860. The first-order valence-corrected chi connectivity index (χ1v) is 7.36. The highest BCUT2D eigenvalue weighted by Gasteiger charge is 2.51. The fourth-order valence-electron chi connectivity index (χ4n) is 3.28. The summed E-state index contributed by atoms with van der Waals surface area (Å²) in [6.45, 7) is 6.62. The molecule has 1 unspecified atom stereocenters. The molecule has 0 aromatic rings. The minimum atomic E-state index is -0.227. The SMILES string of the molecule is CCC1(C2CCCCN2C(=O)C(=O)C(C)C)CC1. The predicted molar refractivity (Wildman–Crippen MR) is 71.2 cm³/mol. The maximum Gasteiger partial charge on any atom is 0.290 e. The zero-order chi connectivity index (χ0) is 13.3. The van der Waals surface area contributed by atoms with Gasteiger partial charge in [-0.05, 0) is 43.9 Å². The average molecular weight is 251 g/mol. The van der Waals surface area contributed by atoms with Crippen LogP contribution in [0.4, 0.5) is 0 Å². The van der Waals surface area contributed by atoms with Gasteiger partial charge in [0.25, 0.3) is 5.91 Å². The molecule has 0 N–H and O–H groups in total. The lowest BCUT2D eigenvalue weighted by Gasteiger charge is -2.40. The first-order chi connectivity index (χ1) is 8.52. The summed E-state index contributed by atoms with van der Waals surface area (Å²) in [5.74, 6) is -0.625. The summed E-state index contributed by atoms with van der Waals surface area (Å²) in [4.78, 5) is 26.2. The van der Waals surface area contributed by atoms with E-state index in [4.69, 9.17) is 0 Å². The molecule has 102 valence electrons. The minimum Gasteiger partial charge on any atom is -0.333 e. The highest BCUT2D eigenvalue weighted by Crippen LogP contribution is 2.55. The molecule has 0 aromatic carbocycles. The molecule has 1 aliphatic heterocycles. The molecule has 0 bridgehead atoms. The van der Waals surface area contributed by atoms with Crippen LogP contribution in [-0.2, 0) is 9.59 Å². The van der Waals surface area contributed by atoms with Crippen LogP contribution in [0.5, 0.6) is 0 Å². The average Bonchev–Trinajstić information content (AvgIpc) is 3.18. The van der Waals surface area contributed by atoms with Crippen molar-refractivity contribution < 1.29 is 9.59 Å². The quantitative estimate of drug-likeness (QED) is 0.720. The fraction of sp³-hybridized carbons (Fsp3) is 0.867. The van der Waals surface area contributed by atoms with Crippen molar-refractivity contribution in [1.29, 1.82) is 0 Å². The topological polar surface area (TPSA) is 37.4 Å². The van der Waals surface area contributed by atoms with Crippen LogP contribution >= 0.6 is 0 Å². The van der Waals surface area contributed by atoms with Gasteiger partial charge in [-0.2, -0.15) is 0 Å². The van der Waals surface area contributed by atoms with Gasteiger partial charge in [0, 0.05) is 18.5 Å². The lowest BCUT2D eigenvalue weighted by molar-refractivity contribution is -0.150. The van der Waals surface area contributed by atoms with Gasteiger partial charge >= 0.3 is 0 Å². The molecule has 1 amide bonds. The summed E-state index contributed by atoms with van der Waals surface area (Å²) in [7, 11) is 0. The second-order valence-corrected chi connectivity index (χ2v) is 6.25. The van der Waals surface area contributed by atoms with E-state index in [1.165, 1.54) is 19.3 Å².